The van der Waals surface area contributed by atoms with Crippen LogP contribution in [0.1, 0.15) is 0 Å². The molecule has 4 nitrogen and oxygen atoms in total. The fourth-order valence-corrected chi connectivity index (χ4v) is 7.79. The number of fused-ring (bicyclic) bond motifs is 9. The van der Waals surface area contributed by atoms with Crippen LogP contribution in [0.25, 0.3) is 110 Å². The largest absolute Gasteiger partial charge is 0.455 e. The van der Waals surface area contributed by atoms with Crippen molar-refractivity contribution in [1.82, 2.24) is 9.97 Å². The second-order valence-electron chi connectivity index (χ2n) is 13.3. The van der Waals surface area contributed by atoms with Crippen molar-refractivity contribution in [2.75, 3.05) is 0 Å². The molecule has 0 unspecified atom stereocenters. The molecule has 0 fully saturated rings. The third-order valence-corrected chi connectivity index (χ3v) is 10.3. The number of rotatable bonds is 4. The first-order valence-corrected chi connectivity index (χ1v) is 17.5. The summed E-state index contributed by atoms with van der Waals surface area (Å²) in [6, 6.07) is 59.2. The maximum absolute atomic E-state index is 6.71. The van der Waals surface area contributed by atoms with Gasteiger partial charge in [0, 0.05) is 32.7 Å². The minimum atomic E-state index is 0.641. The van der Waals surface area contributed by atoms with Crippen molar-refractivity contribution >= 4 is 65.6 Å². The predicted octanol–water partition coefficient (Wildman–Crippen LogP) is 13.2. The smallest absolute Gasteiger partial charge is 0.180 e. The highest BCUT2D eigenvalue weighted by molar-refractivity contribution is 6.22. The maximum atomic E-state index is 6.71. The Bertz CT molecular complexity index is 3170. The average molecular weight is 665 g/mol. The Morgan fingerprint density at radius 3 is 1.90 bits per heavy atom. The molecule has 242 valence electrons. The van der Waals surface area contributed by atoms with Crippen molar-refractivity contribution < 1.29 is 8.83 Å². The molecule has 0 atom stereocenters. The van der Waals surface area contributed by atoms with Crippen molar-refractivity contribution in [3.05, 3.63) is 170 Å². The van der Waals surface area contributed by atoms with Gasteiger partial charge in [-0.2, -0.15) is 0 Å². The molecular formula is C48H28N2O2. The van der Waals surface area contributed by atoms with Gasteiger partial charge in [0.05, 0.1) is 0 Å². The van der Waals surface area contributed by atoms with E-state index in [9.17, 15) is 0 Å². The molecule has 0 saturated heterocycles. The molecule has 0 N–H and O–H groups in total. The van der Waals surface area contributed by atoms with Crippen LogP contribution in [0, 0.1) is 0 Å². The van der Waals surface area contributed by atoms with Crippen LogP contribution in [-0.2, 0) is 0 Å². The highest BCUT2D eigenvalue weighted by Gasteiger charge is 2.22. The van der Waals surface area contributed by atoms with Gasteiger partial charge >= 0.3 is 0 Å². The zero-order chi connectivity index (χ0) is 34.2. The third kappa shape index (κ3) is 4.41. The van der Waals surface area contributed by atoms with Crippen molar-refractivity contribution in [3.8, 4) is 44.9 Å². The molecule has 0 bridgehead atoms. The summed E-state index contributed by atoms with van der Waals surface area (Å²) in [5, 5.41) is 7.59. The lowest BCUT2D eigenvalue weighted by Crippen LogP contribution is -1.95. The van der Waals surface area contributed by atoms with Gasteiger partial charge in [0.15, 0.2) is 11.4 Å². The number of aromatic nitrogens is 2. The Morgan fingerprint density at radius 1 is 0.365 bits per heavy atom. The lowest BCUT2D eigenvalue weighted by atomic mass is 9.94. The van der Waals surface area contributed by atoms with Crippen LogP contribution in [0.5, 0.6) is 0 Å². The highest BCUT2D eigenvalue weighted by atomic mass is 16.3. The monoisotopic (exact) mass is 664 g/mol. The summed E-state index contributed by atoms with van der Waals surface area (Å²) in [4.78, 5) is 10.5. The molecule has 8 aromatic carbocycles. The number of hydrogen-bond acceptors (Lipinski definition) is 4. The normalized spacial score (nSPS) is 11.8. The molecule has 0 radical (unpaired) electrons. The second-order valence-corrected chi connectivity index (χ2v) is 13.3. The molecule has 11 rings (SSSR count). The van der Waals surface area contributed by atoms with Gasteiger partial charge in [0.1, 0.15) is 28.0 Å². The Kier molecular flexibility index (Phi) is 6.22. The van der Waals surface area contributed by atoms with Gasteiger partial charge in [-0.3, -0.25) is 0 Å². The summed E-state index contributed by atoms with van der Waals surface area (Å²) in [6.07, 6.45) is 0. The lowest BCUT2D eigenvalue weighted by molar-refractivity contribution is 0.667. The van der Waals surface area contributed by atoms with E-state index in [2.05, 4.69) is 133 Å². The van der Waals surface area contributed by atoms with Crippen molar-refractivity contribution in [2.45, 2.75) is 0 Å². The highest BCUT2D eigenvalue weighted by Crippen LogP contribution is 2.44. The molecule has 3 heterocycles. The summed E-state index contributed by atoms with van der Waals surface area (Å²) in [7, 11) is 0. The van der Waals surface area contributed by atoms with E-state index in [0.29, 0.717) is 11.4 Å². The zero-order valence-corrected chi connectivity index (χ0v) is 27.9. The fraction of sp³-hybridized carbons (Fsp3) is 0. The fourth-order valence-electron chi connectivity index (χ4n) is 7.79. The van der Waals surface area contributed by atoms with E-state index in [1.807, 2.05) is 36.4 Å². The number of benzene rings is 8. The van der Waals surface area contributed by atoms with E-state index >= 15 is 0 Å². The topological polar surface area (TPSA) is 52.1 Å². The number of para-hydroxylation sites is 1. The molecule has 0 saturated carbocycles. The molecule has 3 aromatic heterocycles. The minimum Gasteiger partial charge on any atom is -0.455 e. The van der Waals surface area contributed by atoms with Crippen LogP contribution < -0.4 is 0 Å². The number of nitrogens with zero attached hydrogens (tertiary/aromatic N) is 2. The number of furan rings is 2. The van der Waals surface area contributed by atoms with E-state index < -0.39 is 0 Å². The molecule has 52 heavy (non-hydrogen) atoms. The summed E-state index contributed by atoms with van der Waals surface area (Å²) >= 11 is 0. The Morgan fingerprint density at radius 2 is 1.04 bits per heavy atom. The van der Waals surface area contributed by atoms with Crippen LogP contribution in [0.2, 0.25) is 0 Å². The average Bonchev–Trinajstić information content (AvgIpc) is 3.79. The number of hydrogen-bond donors (Lipinski definition) is 0. The van der Waals surface area contributed by atoms with Gasteiger partial charge in [-0.25, -0.2) is 9.97 Å². The molecule has 11 aromatic rings. The Balaban J connectivity index is 1.14. The van der Waals surface area contributed by atoms with E-state index in [4.69, 9.17) is 18.8 Å². The SMILES string of the molecule is c1ccc(-c2nc(-c3cc4c(oc5cccc(-c6ccc(-c7ccc8ccccc8c7)cc6)c54)c4ccccc34)nc3c2oc2ccccc23)cc1. The molecule has 0 aliphatic rings. The molecule has 0 amide bonds. The summed E-state index contributed by atoms with van der Waals surface area (Å²) in [5.41, 5.74) is 11.3. The van der Waals surface area contributed by atoms with E-state index in [-0.39, 0.29) is 0 Å². The first-order chi connectivity index (χ1) is 25.8. The van der Waals surface area contributed by atoms with E-state index in [1.165, 1.54) is 21.9 Å². The van der Waals surface area contributed by atoms with Gasteiger partial charge in [0.25, 0.3) is 0 Å². The van der Waals surface area contributed by atoms with Gasteiger partial charge in [0.2, 0.25) is 0 Å². The van der Waals surface area contributed by atoms with Crippen LogP contribution in [0.3, 0.4) is 0 Å². The molecule has 4 heteroatoms. The molecule has 0 spiro atoms. The van der Waals surface area contributed by atoms with Gasteiger partial charge in [-0.05, 0) is 68.7 Å². The summed E-state index contributed by atoms with van der Waals surface area (Å²) < 4.78 is 13.1. The molecule has 0 aliphatic carbocycles. The molecule has 0 aliphatic heterocycles. The molecular weight excluding hydrogens is 637 g/mol. The lowest BCUT2D eigenvalue weighted by Gasteiger charge is -2.10. The van der Waals surface area contributed by atoms with Crippen LogP contribution in [-0.4, -0.2) is 9.97 Å². The summed E-state index contributed by atoms with van der Waals surface area (Å²) in [6.45, 7) is 0. The minimum absolute atomic E-state index is 0.641. The van der Waals surface area contributed by atoms with Crippen molar-refractivity contribution in [3.63, 3.8) is 0 Å². The standard InChI is InChI=1S/C48H28N2O2/c1-2-12-32(13-3-1)44-47-45(38-17-8-9-19-41(38)51-47)50-48(49-44)39-28-40-43-35(18-10-20-42(43)52-46(40)37-16-7-6-15-36(37)39)31-24-21-30(22-25-31)34-26-23-29-11-4-5-14-33(29)27-34/h1-28H. The van der Waals surface area contributed by atoms with E-state index in [0.717, 1.165) is 77.1 Å². The van der Waals surface area contributed by atoms with Crippen LogP contribution in [0.15, 0.2) is 179 Å². The first kappa shape index (κ1) is 28.8. The van der Waals surface area contributed by atoms with Crippen LogP contribution >= 0.6 is 0 Å². The quantitative estimate of drug-likeness (QED) is 0.188. The Hall–Kier alpha value is -7.04. The third-order valence-electron chi connectivity index (χ3n) is 10.3. The Labute approximate surface area is 298 Å². The summed E-state index contributed by atoms with van der Waals surface area (Å²) in [5.74, 6) is 0.641. The predicted molar refractivity (Wildman–Crippen MR) is 213 cm³/mol. The van der Waals surface area contributed by atoms with Crippen molar-refractivity contribution in [1.29, 1.82) is 0 Å². The second kappa shape index (κ2) is 11.2. The van der Waals surface area contributed by atoms with Gasteiger partial charge < -0.3 is 8.83 Å². The first-order valence-electron chi connectivity index (χ1n) is 17.5. The van der Waals surface area contributed by atoms with Gasteiger partial charge in [-0.1, -0.05) is 140 Å². The van der Waals surface area contributed by atoms with E-state index in [1.54, 1.807) is 0 Å². The van der Waals surface area contributed by atoms with Crippen LogP contribution in [0.4, 0.5) is 0 Å². The van der Waals surface area contributed by atoms with Gasteiger partial charge in [-0.15, -0.1) is 0 Å². The zero-order valence-electron chi connectivity index (χ0n) is 27.9. The van der Waals surface area contributed by atoms with Crippen molar-refractivity contribution in [2.24, 2.45) is 0 Å². The maximum Gasteiger partial charge on any atom is 0.180 e.